The Hall–Kier alpha value is -1.50. The first-order chi connectivity index (χ1) is 11.8. The number of hydrogen-bond acceptors (Lipinski definition) is 1. The number of ether oxygens (including phenoxy) is 1. The molecular formula is C24H36O. The molecule has 0 unspecified atom stereocenters. The summed E-state index contributed by atoms with van der Waals surface area (Å²) in [6, 6.07) is 8.78. The SMILES string of the molecule is C=C(C)O[C@@H](/C=C(\C)c1ccc(C)cc1)[C@@H]1C[C@H](C)CC[C@H]1C(C)C. The van der Waals surface area contributed by atoms with Crippen LogP contribution in [-0.2, 0) is 4.74 Å². The smallest absolute Gasteiger partial charge is 0.120 e. The van der Waals surface area contributed by atoms with Crippen molar-refractivity contribution in [1.82, 2.24) is 0 Å². The molecule has 1 aliphatic rings. The van der Waals surface area contributed by atoms with Gasteiger partial charge in [0.1, 0.15) is 6.10 Å². The molecule has 138 valence electrons. The molecule has 0 spiro atoms. The van der Waals surface area contributed by atoms with Gasteiger partial charge < -0.3 is 4.74 Å². The third-order valence-electron chi connectivity index (χ3n) is 5.75. The molecule has 1 aromatic rings. The van der Waals surface area contributed by atoms with E-state index in [9.17, 15) is 0 Å². The molecule has 0 heterocycles. The zero-order valence-electron chi connectivity index (χ0n) is 17.0. The molecule has 25 heavy (non-hydrogen) atoms. The summed E-state index contributed by atoms with van der Waals surface area (Å²) >= 11 is 0. The minimum atomic E-state index is 0.119. The largest absolute Gasteiger partial charge is 0.491 e. The van der Waals surface area contributed by atoms with Crippen molar-refractivity contribution in [3.63, 3.8) is 0 Å². The van der Waals surface area contributed by atoms with E-state index in [-0.39, 0.29) is 6.10 Å². The molecule has 0 N–H and O–H groups in total. The summed E-state index contributed by atoms with van der Waals surface area (Å²) in [5.41, 5.74) is 3.88. The Bertz CT molecular complexity index is 593. The van der Waals surface area contributed by atoms with E-state index in [1.54, 1.807) is 0 Å². The molecule has 0 bridgehead atoms. The van der Waals surface area contributed by atoms with Crippen molar-refractivity contribution in [2.45, 2.75) is 66.9 Å². The Morgan fingerprint density at radius 2 is 1.76 bits per heavy atom. The summed E-state index contributed by atoms with van der Waals surface area (Å²) in [6.45, 7) is 17.4. The van der Waals surface area contributed by atoms with E-state index in [0.717, 1.165) is 17.6 Å². The molecule has 0 aromatic heterocycles. The number of benzene rings is 1. The van der Waals surface area contributed by atoms with Crippen LogP contribution in [0, 0.1) is 30.6 Å². The van der Waals surface area contributed by atoms with Crippen molar-refractivity contribution in [1.29, 1.82) is 0 Å². The van der Waals surface area contributed by atoms with Crippen molar-refractivity contribution in [2.24, 2.45) is 23.7 Å². The maximum Gasteiger partial charge on any atom is 0.120 e. The fourth-order valence-corrected chi connectivity index (χ4v) is 4.29. The van der Waals surface area contributed by atoms with Crippen LogP contribution in [0.3, 0.4) is 0 Å². The van der Waals surface area contributed by atoms with Crippen LogP contribution in [0.15, 0.2) is 42.7 Å². The molecule has 0 saturated heterocycles. The molecule has 4 atom stereocenters. The standard InChI is InChI=1S/C24H36O/c1-16(2)22-13-10-19(6)14-23(22)24(25-17(3)4)15-20(7)21-11-8-18(5)9-12-21/h8-9,11-12,15-16,19,22-24H,3,10,13-14H2,1-2,4-7H3/b20-15+/t19-,22+,23-,24+/m1/s1. The third kappa shape index (κ3) is 5.49. The highest BCUT2D eigenvalue weighted by atomic mass is 16.5. The second-order valence-electron chi connectivity index (χ2n) is 8.49. The number of hydrogen-bond donors (Lipinski definition) is 0. The molecule has 1 nitrogen and oxygen atoms in total. The molecule has 1 saturated carbocycles. The third-order valence-corrected chi connectivity index (χ3v) is 5.75. The molecule has 0 amide bonds. The van der Waals surface area contributed by atoms with E-state index >= 15 is 0 Å². The molecule has 2 rings (SSSR count). The number of rotatable bonds is 6. The second-order valence-corrected chi connectivity index (χ2v) is 8.49. The fraction of sp³-hybridized carbons (Fsp3) is 0.583. The summed E-state index contributed by atoms with van der Waals surface area (Å²) in [6.07, 6.45) is 6.38. The molecule has 0 aliphatic heterocycles. The average Bonchev–Trinajstić information content (AvgIpc) is 2.54. The Labute approximate surface area is 155 Å². The van der Waals surface area contributed by atoms with Gasteiger partial charge in [0, 0.05) is 5.92 Å². The summed E-state index contributed by atoms with van der Waals surface area (Å²) in [7, 11) is 0. The van der Waals surface area contributed by atoms with Crippen LogP contribution in [0.5, 0.6) is 0 Å². The molecule has 1 aliphatic carbocycles. The normalized spacial score (nSPS) is 25.7. The second kappa shape index (κ2) is 8.74. The first-order valence-electron chi connectivity index (χ1n) is 9.85. The van der Waals surface area contributed by atoms with Crippen molar-refractivity contribution in [2.75, 3.05) is 0 Å². The minimum Gasteiger partial charge on any atom is -0.491 e. The van der Waals surface area contributed by atoms with Crippen molar-refractivity contribution < 1.29 is 4.74 Å². The van der Waals surface area contributed by atoms with Crippen LogP contribution in [0.2, 0.25) is 0 Å². The van der Waals surface area contributed by atoms with Gasteiger partial charge in [-0.2, -0.15) is 0 Å². The first kappa shape index (κ1) is 19.8. The fourth-order valence-electron chi connectivity index (χ4n) is 4.29. The predicted molar refractivity (Wildman–Crippen MR) is 109 cm³/mol. The van der Waals surface area contributed by atoms with Crippen LogP contribution >= 0.6 is 0 Å². The van der Waals surface area contributed by atoms with Gasteiger partial charge in [0.05, 0.1) is 5.76 Å². The van der Waals surface area contributed by atoms with Gasteiger partial charge in [-0.25, -0.2) is 0 Å². The Balaban J connectivity index is 2.31. The molecular weight excluding hydrogens is 304 g/mol. The van der Waals surface area contributed by atoms with Gasteiger partial charge in [0.25, 0.3) is 0 Å². The van der Waals surface area contributed by atoms with Crippen LogP contribution in [-0.4, -0.2) is 6.10 Å². The van der Waals surface area contributed by atoms with Crippen molar-refractivity contribution >= 4 is 5.57 Å². The summed E-state index contributed by atoms with van der Waals surface area (Å²) in [5, 5.41) is 0. The molecule has 1 heteroatoms. The van der Waals surface area contributed by atoms with Crippen LogP contribution in [0.1, 0.15) is 65.0 Å². The highest BCUT2D eigenvalue weighted by Gasteiger charge is 2.36. The van der Waals surface area contributed by atoms with Crippen molar-refractivity contribution in [3.8, 4) is 0 Å². The highest BCUT2D eigenvalue weighted by molar-refractivity contribution is 5.64. The van der Waals surface area contributed by atoms with E-state index in [2.05, 4.69) is 71.5 Å². The summed E-state index contributed by atoms with van der Waals surface area (Å²) in [5.74, 6) is 3.59. The van der Waals surface area contributed by atoms with E-state index in [4.69, 9.17) is 4.74 Å². The molecule has 1 aromatic carbocycles. The zero-order chi connectivity index (χ0) is 18.6. The van der Waals surface area contributed by atoms with Gasteiger partial charge >= 0.3 is 0 Å². The number of aryl methyl sites for hydroxylation is 1. The van der Waals surface area contributed by atoms with E-state index < -0.39 is 0 Å². The quantitative estimate of drug-likeness (QED) is 0.505. The lowest BCUT2D eigenvalue weighted by molar-refractivity contribution is 0.0219. The van der Waals surface area contributed by atoms with Crippen LogP contribution in [0.25, 0.3) is 5.57 Å². The van der Waals surface area contributed by atoms with Gasteiger partial charge in [-0.15, -0.1) is 0 Å². The number of allylic oxidation sites excluding steroid dienone is 2. The van der Waals surface area contributed by atoms with E-state index in [0.29, 0.717) is 11.8 Å². The van der Waals surface area contributed by atoms with Gasteiger partial charge in [-0.1, -0.05) is 63.6 Å². The maximum absolute atomic E-state index is 6.26. The summed E-state index contributed by atoms with van der Waals surface area (Å²) in [4.78, 5) is 0. The first-order valence-corrected chi connectivity index (χ1v) is 9.85. The monoisotopic (exact) mass is 340 g/mol. The highest BCUT2D eigenvalue weighted by Crippen LogP contribution is 2.41. The van der Waals surface area contributed by atoms with Gasteiger partial charge in [0.15, 0.2) is 0 Å². The predicted octanol–water partition coefficient (Wildman–Crippen LogP) is 7.03. The lowest BCUT2D eigenvalue weighted by Crippen LogP contribution is -2.36. The Morgan fingerprint density at radius 3 is 2.32 bits per heavy atom. The minimum absolute atomic E-state index is 0.119. The van der Waals surface area contributed by atoms with Crippen LogP contribution in [0.4, 0.5) is 0 Å². The zero-order valence-corrected chi connectivity index (χ0v) is 17.0. The maximum atomic E-state index is 6.26. The Kier molecular flexibility index (Phi) is 6.93. The lowest BCUT2D eigenvalue weighted by atomic mass is 9.67. The van der Waals surface area contributed by atoms with Gasteiger partial charge in [-0.3, -0.25) is 0 Å². The average molecular weight is 341 g/mol. The topological polar surface area (TPSA) is 9.23 Å². The summed E-state index contributed by atoms with van der Waals surface area (Å²) < 4.78 is 6.26. The van der Waals surface area contributed by atoms with Crippen LogP contribution < -0.4 is 0 Å². The van der Waals surface area contributed by atoms with E-state index in [1.807, 2.05) is 6.92 Å². The molecule has 1 fully saturated rings. The van der Waals surface area contributed by atoms with Crippen molar-refractivity contribution in [3.05, 3.63) is 53.8 Å². The Morgan fingerprint density at radius 1 is 1.12 bits per heavy atom. The lowest BCUT2D eigenvalue weighted by Gasteiger charge is -2.41. The van der Waals surface area contributed by atoms with Gasteiger partial charge in [-0.05, 0) is 68.6 Å². The van der Waals surface area contributed by atoms with E-state index in [1.165, 1.54) is 36.0 Å². The van der Waals surface area contributed by atoms with Gasteiger partial charge in [0.2, 0.25) is 0 Å². The molecule has 0 radical (unpaired) electrons.